The average Bonchev–Trinajstić information content (AvgIpc) is 3.48. The summed E-state index contributed by atoms with van der Waals surface area (Å²) in [4.78, 5) is 22.8. The number of hydrogen-bond acceptors (Lipinski definition) is 9. The highest BCUT2D eigenvalue weighted by atomic mass is 31.2. The van der Waals surface area contributed by atoms with E-state index in [9.17, 15) is 13.6 Å². The Bertz CT molecular complexity index is 1410. The molecule has 2 aromatic heterocycles. The zero-order valence-electron chi connectivity index (χ0n) is 19.2. The monoisotopic (exact) mass is 534 g/mol. The van der Waals surface area contributed by atoms with E-state index in [2.05, 4.69) is 20.0 Å². The molecule has 0 bridgehead atoms. The van der Waals surface area contributed by atoms with Crippen molar-refractivity contribution >= 4 is 42.6 Å². The molecule has 1 aliphatic rings. The molecule has 3 N–H and O–H groups in total. The lowest BCUT2D eigenvalue weighted by molar-refractivity contribution is -0.166. The molecule has 1 fully saturated rings. The molecule has 194 valence electrons. The number of ether oxygens (including phenoxy) is 1. The minimum Gasteiger partial charge on any atom is -0.436 e. The fourth-order valence-corrected chi connectivity index (χ4v) is 5.15. The first-order valence-corrected chi connectivity index (χ1v) is 12.4. The number of hydrogen-bond donors (Lipinski definition) is 2. The molecule has 5 rings (SSSR count). The van der Waals surface area contributed by atoms with Crippen molar-refractivity contribution in [3.8, 4) is 5.75 Å². The van der Waals surface area contributed by atoms with Crippen LogP contribution in [0.4, 0.5) is 19.0 Å². The van der Waals surface area contributed by atoms with Crippen molar-refractivity contribution in [2.24, 2.45) is 0 Å². The Hall–Kier alpha value is -3.38. The first-order valence-electron chi connectivity index (χ1n) is 11.2. The summed E-state index contributed by atoms with van der Waals surface area (Å²) >= 11 is 0. The predicted octanol–water partition coefficient (Wildman–Crippen LogP) is 3.93. The van der Waals surface area contributed by atoms with Crippen molar-refractivity contribution in [1.29, 1.82) is 0 Å². The third kappa shape index (κ3) is 5.08. The van der Waals surface area contributed by atoms with Crippen molar-refractivity contribution in [1.82, 2.24) is 24.6 Å². The highest BCUT2D eigenvalue weighted by Crippen LogP contribution is 2.46. The van der Waals surface area contributed by atoms with Gasteiger partial charge < -0.3 is 24.3 Å². The largest absolute Gasteiger partial charge is 0.436 e. The van der Waals surface area contributed by atoms with Crippen LogP contribution < -0.4 is 15.3 Å². The molecule has 0 radical (unpaired) electrons. The molecule has 10 nitrogen and oxygen atoms in total. The van der Waals surface area contributed by atoms with Gasteiger partial charge in [-0.2, -0.15) is 0 Å². The van der Waals surface area contributed by atoms with Gasteiger partial charge in [0.25, 0.3) is 6.43 Å². The summed E-state index contributed by atoms with van der Waals surface area (Å²) in [6.07, 6.45) is -4.03. The molecule has 1 aliphatic heterocycles. The SMILES string of the molecule is Nc1ncnc2c1ncn2C1OC(COP(NCC=O)Oc2ccc3ccccc3c2)(C(F)F)CC1F. The number of halogens is 3. The van der Waals surface area contributed by atoms with Crippen LogP contribution in [-0.2, 0) is 14.1 Å². The number of nitrogen functional groups attached to an aromatic ring is 1. The van der Waals surface area contributed by atoms with E-state index >= 15 is 4.39 Å². The van der Waals surface area contributed by atoms with E-state index in [4.69, 9.17) is 19.5 Å². The molecule has 0 saturated carbocycles. The first-order chi connectivity index (χ1) is 17.9. The quantitative estimate of drug-likeness (QED) is 0.230. The Kier molecular flexibility index (Phi) is 7.20. The van der Waals surface area contributed by atoms with E-state index in [1.165, 1.54) is 10.9 Å². The Morgan fingerprint density at radius 1 is 1.24 bits per heavy atom. The van der Waals surface area contributed by atoms with Gasteiger partial charge in [-0.1, -0.05) is 30.3 Å². The number of carbonyl (C=O) groups is 1. The normalized spacial score (nSPS) is 22.6. The maximum absolute atomic E-state index is 15.1. The van der Waals surface area contributed by atoms with Gasteiger partial charge in [-0.05, 0) is 22.9 Å². The number of nitrogens with one attached hydrogen (secondary N) is 1. The van der Waals surface area contributed by atoms with Crippen LogP contribution in [0.15, 0.2) is 55.1 Å². The van der Waals surface area contributed by atoms with E-state index in [0.717, 1.165) is 17.1 Å². The lowest BCUT2D eigenvalue weighted by atomic mass is 10.0. The van der Waals surface area contributed by atoms with Crippen LogP contribution in [0.2, 0.25) is 0 Å². The highest BCUT2D eigenvalue weighted by Gasteiger charge is 2.55. The van der Waals surface area contributed by atoms with E-state index in [1.54, 1.807) is 12.1 Å². The minimum absolute atomic E-state index is 0.0679. The Morgan fingerprint density at radius 3 is 2.84 bits per heavy atom. The molecule has 4 aromatic rings. The van der Waals surface area contributed by atoms with Gasteiger partial charge in [-0.15, -0.1) is 0 Å². The topological polar surface area (TPSA) is 126 Å². The second kappa shape index (κ2) is 10.5. The fourth-order valence-electron chi connectivity index (χ4n) is 4.08. The summed E-state index contributed by atoms with van der Waals surface area (Å²) in [6.45, 7) is -0.838. The highest BCUT2D eigenvalue weighted by molar-refractivity contribution is 7.45. The fraction of sp³-hybridized carbons (Fsp3) is 0.304. The van der Waals surface area contributed by atoms with Gasteiger partial charge in [-0.3, -0.25) is 4.57 Å². The molecule has 4 atom stereocenters. The van der Waals surface area contributed by atoms with Gasteiger partial charge in [0.2, 0.25) is 0 Å². The maximum atomic E-state index is 15.1. The van der Waals surface area contributed by atoms with E-state index in [1.807, 2.05) is 30.3 Å². The molecular formula is C23H22F3N6O4P. The summed E-state index contributed by atoms with van der Waals surface area (Å²) in [5.41, 5.74) is 3.85. The number of carbonyl (C=O) groups excluding carboxylic acids is 1. The van der Waals surface area contributed by atoms with Gasteiger partial charge in [0.1, 0.15) is 30.1 Å². The first kappa shape index (κ1) is 25.3. The zero-order valence-corrected chi connectivity index (χ0v) is 20.1. The summed E-state index contributed by atoms with van der Waals surface area (Å²) in [5, 5.41) is 4.62. The van der Waals surface area contributed by atoms with Crippen LogP contribution in [0.5, 0.6) is 5.75 Å². The van der Waals surface area contributed by atoms with E-state index in [0.29, 0.717) is 12.0 Å². The van der Waals surface area contributed by atoms with Crippen molar-refractivity contribution in [2.45, 2.75) is 30.8 Å². The lowest BCUT2D eigenvalue weighted by Gasteiger charge is -2.29. The van der Waals surface area contributed by atoms with E-state index < -0.39 is 46.0 Å². The van der Waals surface area contributed by atoms with Crippen LogP contribution in [0.1, 0.15) is 12.6 Å². The minimum atomic E-state index is -3.09. The summed E-state index contributed by atoms with van der Waals surface area (Å²) in [6, 6.07) is 12.9. The maximum Gasteiger partial charge on any atom is 0.318 e. The van der Waals surface area contributed by atoms with Crippen LogP contribution in [-0.4, -0.2) is 57.2 Å². The van der Waals surface area contributed by atoms with Crippen LogP contribution >= 0.6 is 8.53 Å². The standard InChI is InChI=1S/C23H22F3N6O4P/c24-17-10-23(22(25)26,35-21(17)32-13-30-18-19(27)28-12-29-20(18)32)11-34-37(31-7-8-33)36-16-6-5-14-3-1-2-4-15(14)9-16/h1-6,8-9,12-13,17,21-22,31H,7,10-11H2,(H2,27,28,29). The molecule has 4 unspecified atom stereocenters. The predicted molar refractivity (Wildman–Crippen MR) is 130 cm³/mol. The molecule has 14 heteroatoms. The molecule has 3 heterocycles. The number of alkyl halides is 3. The second-order valence-corrected chi connectivity index (χ2v) is 9.61. The smallest absolute Gasteiger partial charge is 0.318 e. The molecule has 0 spiro atoms. The average molecular weight is 534 g/mol. The molecule has 0 amide bonds. The number of benzene rings is 2. The van der Waals surface area contributed by atoms with Crippen molar-refractivity contribution in [3.05, 3.63) is 55.1 Å². The van der Waals surface area contributed by atoms with Gasteiger partial charge in [0.15, 0.2) is 23.3 Å². The molecule has 1 saturated heterocycles. The van der Waals surface area contributed by atoms with Crippen molar-refractivity contribution < 1.29 is 31.8 Å². The van der Waals surface area contributed by atoms with Crippen molar-refractivity contribution in [2.75, 3.05) is 18.9 Å². The van der Waals surface area contributed by atoms with Crippen LogP contribution in [0.3, 0.4) is 0 Å². The lowest BCUT2D eigenvalue weighted by Crippen LogP contribution is -2.42. The number of rotatable bonds is 10. The van der Waals surface area contributed by atoms with Crippen LogP contribution in [0, 0.1) is 0 Å². The third-order valence-corrected chi connectivity index (χ3v) is 7.08. The molecule has 37 heavy (non-hydrogen) atoms. The number of fused-ring (bicyclic) bond motifs is 2. The number of nitrogens with zero attached hydrogens (tertiary/aromatic N) is 4. The number of aromatic nitrogens is 4. The number of nitrogens with two attached hydrogens (primary N) is 1. The van der Waals surface area contributed by atoms with Crippen molar-refractivity contribution in [3.63, 3.8) is 0 Å². The molecule has 2 aromatic carbocycles. The number of imidazole rings is 1. The Morgan fingerprint density at radius 2 is 2.05 bits per heavy atom. The number of aldehydes is 1. The Balaban J connectivity index is 1.34. The summed E-state index contributed by atoms with van der Waals surface area (Å²) in [5.74, 6) is 0.475. The van der Waals surface area contributed by atoms with Gasteiger partial charge in [0.05, 0.1) is 19.5 Å². The third-order valence-electron chi connectivity index (χ3n) is 5.90. The van der Waals surface area contributed by atoms with Crippen LogP contribution in [0.25, 0.3) is 21.9 Å². The summed E-state index contributed by atoms with van der Waals surface area (Å²) in [7, 11) is -2.05. The van der Waals surface area contributed by atoms with Gasteiger partial charge in [-0.25, -0.2) is 33.2 Å². The number of anilines is 1. The second-order valence-electron chi connectivity index (χ2n) is 8.34. The molecular weight excluding hydrogens is 512 g/mol. The Labute approximate surface area is 209 Å². The van der Waals surface area contributed by atoms with E-state index in [-0.39, 0.29) is 23.5 Å². The zero-order chi connectivity index (χ0) is 26.0. The molecule has 0 aliphatic carbocycles. The van der Waals surface area contributed by atoms with Gasteiger partial charge >= 0.3 is 8.53 Å². The van der Waals surface area contributed by atoms with Gasteiger partial charge in [0, 0.05) is 6.42 Å². The summed E-state index contributed by atoms with van der Waals surface area (Å²) < 4.78 is 62.1.